The molecule has 0 heterocycles. The van der Waals surface area contributed by atoms with Crippen molar-refractivity contribution in [3.05, 3.63) is 35.9 Å². The third-order valence-corrected chi connectivity index (χ3v) is 4.40. The molecule has 1 rings (SSSR count). The molecule has 0 N–H and O–H groups in total. The number of benzene rings is 1. The largest absolute Gasteiger partial charge is 0.0985 e. The quantitative estimate of drug-likeness (QED) is 0.628. The van der Waals surface area contributed by atoms with Crippen LogP contribution in [0, 0.1) is 6.92 Å². The van der Waals surface area contributed by atoms with Gasteiger partial charge >= 0.3 is 0 Å². The summed E-state index contributed by atoms with van der Waals surface area (Å²) in [6.45, 7) is 13.1. The molecule has 1 aromatic carbocycles. The topological polar surface area (TPSA) is 0 Å². The summed E-state index contributed by atoms with van der Waals surface area (Å²) in [4.78, 5) is 0. The third-order valence-electron chi connectivity index (χ3n) is 2.36. The number of aryl methyl sites for hydroxylation is 1. The van der Waals surface area contributed by atoms with E-state index in [1.165, 1.54) is 16.3 Å². The summed E-state index contributed by atoms with van der Waals surface area (Å²) in [5.74, 6) is 0. The molecule has 0 amide bonds. The second kappa shape index (κ2) is 3.50. The first-order valence-corrected chi connectivity index (χ1v) is 8.18. The lowest BCUT2D eigenvalue weighted by atomic mass is 10.1. The minimum atomic E-state index is -1.13. The molecule has 0 radical (unpaired) electrons. The van der Waals surface area contributed by atoms with E-state index < -0.39 is 8.07 Å². The average molecular weight is 190 g/mol. The van der Waals surface area contributed by atoms with Gasteiger partial charge in [-0.3, -0.25) is 0 Å². The van der Waals surface area contributed by atoms with Crippen LogP contribution in [0.3, 0.4) is 0 Å². The first kappa shape index (κ1) is 10.3. The molecule has 0 aliphatic rings. The van der Waals surface area contributed by atoms with Gasteiger partial charge in [0.05, 0.1) is 8.07 Å². The molecule has 0 bridgehead atoms. The Balaban J connectivity index is 3.17. The van der Waals surface area contributed by atoms with Crippen molar-refractivity contribution < 1.29 is 0 Å². The standard InChI is InChI=1S/C12H18Si/c1-6-11-7-8-12(9-10(11)2)13(3,4)5/h6-9H,1H2,2-5H3. The molecule has 0 fully saturated rings. The van der Waals surface area contributed by atoms with Gasteiger partial charge in [0.2, 0.25) is 0 Å². The molecular weight excluding hydrogens is 172 g/mol. The van der Waals surface area contributed by atoms with Crippen LogP contribution in [0.5, 0.6) is 0 Å². The van der Waals surface area contributed by atoms with Gasteiger partial charge in [0.1, 0.15) is 0 Å². The second-order valence-electron chi connectivity index (χ2n) is 4.53. The maximum absolute atomic E-state index is 3.79. The molecule has 0 aliphatic heterocycles. The average Bonchev–Trinajstić information content (AvgIpc) is 2.02. The molecule has 0 atom stereocenters. The van der Waals surface area contributed by atoms with Crippen LogP contribution in [-0.4, -0.2) is 8.07 Å². The zero-order valence-corrected chi connectivity index (χ0v) is 10.0. The lowest BCUT2D eigenvalue weighted by molar-refractivity contribution is 1.45. The van der Waals surface area contributed by atoms with Crippen LogP contribution in [0.4, 0.5) is 0 Å². The molecule has 0 saturated heterocycles. The van der Waals surface area contributed by atoms with Crippen LogP contribution in [0.1, 0.15) is 11.1 Å². The summed E-state index contributed by atoms with van der Waals surface area (Å²) in [6.07, 6.45) is 1.92. The smallest absolute Gasteiger partial charge is 0.0776 e. The zero-order chi connectivity index (χ0) is 10.1. The highest BCUT2D eigenvalue weighted by Gasteiger charge is 2.16. The van der Waals surface area contributed by atoms with E-state index >= 15 is 0 Å². The van der Waals surface area contributed by atoms with Gasteiger partial charge in [0, 0.05) is 0 Å². The van der Waals surface area contributed by atoms with Gasteiger partial charge in [-0.25, -0.2) is 0 Å². The Bertz CT molecular complexity index is 318. The van der Waals surface area contributed by atoms with Gasteiger partial charge in [-0.15, -0.1) is 0 Å². The van der Waals surface area contributed by atoms with Crippen LogP contribution >= 0.6 is 0 Å². The van der Waals surface area contributed by atoms with Gasteiger partial charge < -0.3 is 0 Å². The Morgan fingerprint density at radius 3 is 2.23 bits per heavy atom. The predicted octanol–water partition coefficient (Wildman–Crippen LogP) is 3.18. The Morgan fingerprint density at radius 1 is 1.23 bits per heavy atom. The van der Waals surface area contributed by atoms with Crippen LogP contribution in [0.2, 0.25) is 19.6 Å². The van der Waals surface area contributed by atoms with Crippen molar-refractivity contribution in [1.29, 1.82) is 0 Å². The molecule has 0 saturated carbocycles. The van der Waals surface area contributed by atoms with Crippen molar-refractivity contribution >= 4 is 19.3 Å². The Labute approximate surface area is 82.3 Å². The van der Waals surface area contributed by atoms with E-state index in [1.54, 1.807) is 0 Å². The SMILES string of the molecule is C=Cc1ccc([Si](C)(C)C)cc1C. The van der Waals surface area contributed by atoms with Crippen molar-refractivity contribution in [3.8, 4) is 0 Å². The van der Waals surface area contributed by atoms with Crippen molar-refractivity contribution in [2.45, 2.75) is 26.6 Å². The summed E-state index contributed by atoms with van der Waals surface area (Å²) in [6, 6.07) is 6.73. The summed E-state index contributed by atoms with van der Waals surface area (Å²) in [7, 11) is -1.13. The highest BCUT2D eigenvalue weighted by atomic mass is 28.3. The van der Waals surface area contributed by atoms with Crippen LogP contribution in [0.25, 0.3) is 6.08 Å². The summed E-state index contributed by atoms with van der Waals surface area (Å²) in [5.41, 5.74) is 2.59. The molecule has 0 nitrogen and oxygen atoms in total. The van der Waals surface area contributed by atoms with Crippen molar-refractivity contribution in [2.75, 3.05) is 0 Å². The fourth-order valence-corrected chi connectivity index (χ4v) is 2.60. The maximum Gasteiger partial charge on any atom is 0.0776 e. The van der Waals surface area contributed by atoms with Crippen molar-refractivity contribution in [3.63, 3.8) is 0 Å². The van der Waals surface area contributed by atoms with Gasteiger partial charge in [0.15, 0.2) is 0 Å². The Kier molecular flexibility index (Phi) is 2.76. The monoisotopic (exact) mass is 190 g/mol. The van der Waals surface area contributed by atoms with Crippen LogP contribution in [-0.2, 0) is 0 Å². The fraction of sp³-hybridized carbons (Fsp3) is 0.333. The van der Waals surface area contributed by atoms with Gasteiger partial charge in [-0.1, -0.05) is 55.7 Å². The molecule has 0 aliphatic carbocycles. The van der Waals surface area contributed by atoms with Crippen LogP contribution in [0.15, 0.2) is 24.8 Å². The molecule has 0 spiro atoms. The normalized spacial score (nSPS) is 11.4. The summed E-state index contributed by atoms with van der Waals surface area (Å²) >= 11 is 0. The fourth-order valence-electron chi connectivity index (χ4n) is 1.37. The van der Waals surface area contributed by atoms with E-state index in [0.717, 1.165) is 0 Å². The van der Waals surface area contributed by atoms with Crippen LogP contribution < -0.4 is 5.19 Å². The Hall–Kier alpha value is -0.823. The van der Waals surface area contributed by atoms with E-state index in [2.05, 4.69) is 51.3 Å². The molecule has 13 heavy (non-hydrogen) atoms. The minimum absolute atomic E-state index is 1.13. The number of rotatable bonds is 2. The number of hydrogen-bond donors (Lipinski definition) is 0. The molecular formula is C12H18Si. The highest BCUT2D eigenvalue weighted by Crippen LogP contribution is 2.10. The lowest BCUT2D eigenvalue weighted by Crippen LogP contribution is -2.37. The number of hydrogen-bond acceptors (Lipinski definition) is 0. The van der Waals surface area contributed by atoms with Crippen molar-refractivity contribution in [2.24, 2.45) is 0 Å². The molecule has 70 valence electrons. The third kappa shape index (κ3) is 2.31. The second-order valence-corrected chi connectivity index (χ2v) is 9.60. The maximum atomic E-state index is 3.79. The first-order valence-electron chi connectivity index (χ1n) is 4.68. The van der Waals surface area contributed by atoms with Gasteiger partial charge in [-0.2, -0.15) is 0 Å². The van der Waals surface area contributed by atoms with Crippen molar-refractivity contribution in [1.82, 2.24) is 0 Å². The van der Waals surface area contributed by atoms with Gasteiger partial charge in [-0.05, 0) is 18.1 Å². The van der Waals surface area contributed by atoms with Gasteiger partial charge in [0.25, 0.3) is 0 Å². The molecule has 0 unspecified atom stereocenters. The zero-order valence-electron chi connectivity index (χ0n) is 9.02. The van der Waals surface area contributed by atoms with E-state index in [0.29, 0.717) is 0 Å². The summed E-state index contributed by atoms with van der Waals surface area (Å²) in [5, 5.41) is 1.52. The van der Waals surface area contributed by atoms with E-state index in [9.17, 15) is 0 Å². The summed E-state index contributed by atoms with van der Waals surface area (Å²) < 4.78 is 0. The van der Waals surface area contributed by atoms with E-state index in [1.807, 2.05) is 6.08 Å². The molecule has 1 aromatic rings. The van der Waals surface area contributed by atoms with E-state index in [-0.39, 0.29) is 0 Å². The molecule has 1 heteroatoms. The predicted molar refractivity (Wildman–Crippen MR) is 64.3 cm³/mol. The first-order chi connectivity index (χ1) is 5.95. The minimum Gasteiger partial charge on any atom is -0.0985 e. The van der Waals surface area contributed by atoms with E-state index in [4.69, 9.17) is 0 Å². The highest BCUT2D eigenvalue weighted by molar-refractivity contribution is 6.88. The Morgan fingerprint density at radius 2 is 1.85 bits per heavy atom. The lowest BCUT2D eigenvalue weighted by Gasteiger charge is -2.17. The molecule has 0 aromatic heterocycles.